The molecule has 1 aliphatic heterocycles. The van der Waals surface area contributed by atoms with E-state index in [1.54, 1.807) is 18.2 Å². The van der Waals surface area contributed by atoms with Gasteiger partial charge in [0.15, 0.2) is 17.8 Å². The lowest BCUT2D eigenvalue weighted by Crippen LogP contribution is -2.24. The molecule has 0 aromatic heterocycles. The Bertz CT molecular complexity index is 900. The molecule has 2 aromatic carbocycles. The van der Waals surface area contributed by atoms with Crippen LogP contribution in [0.2, 0.25) is 5.02 Å². The molecule has 1 heterocycles. The van der Waals surface area contributed by atoms with Crippen LogP contribution in [0.5, 0.6) is 23.0 Å². The minimum atomic E-state index is -0.547. The number of nitrogens with two attached hydrogens (primary N) is 1. The minimum absolute atomic E-state index is 0.188. The standard InChI is InChI=1S/C22H26ClNO7/c1-26-15-6-7-16(23)18(13-15)31-21-17(24)11-14(22(25)27-2)12-19(21)28-9-10-30-20-5-3-4-8-29-20/h6-7,11-13,20H,3-5,8-10,24H2,1-2H3. The third-order valence-electron chi connectivity index (χ3n) is 4.64. The lowest BCUT2D eigenvalue weighted by atomic mass is 10.1. The first-order valence-electron chi connectivity index (χ1n) is 9.91. The van der Waals surface area contributed by atoms with Crippen molar-refractivity contribution in [1.82, 2.24) is 0 Å². The van der Waals surface area contributed by atoms with Crippen LogP contribution in [0.15, 0.2) is 30.3 Å². The Morgan fingerprint density at radius 3 is 2.71 bits per heavy atom. The molecule has 1 aliphatic rings. The van der Waals surface area contributed by atoms with E-state index in [1.165, 1.54) is 26.4 Å². The number of anilines is 1. The van der Waals surface area contributed by atoms with Crippen LogP contribution in [-0.4, -0.2) is 46.3 Å². The Morgan fingerprint density at radius 1 is 1.16 bits per heavy atom. The zero-order valence-electron chi connectivity index (χ0n) is 17.5. The lowest BCUT2D eigenvalue weighted by molar-refractivity contribution is -0.165. The van der Waals surface area contributed by atoms with Gasteiger partial charge in [0.05, 0.1) is 37.1 Å². The highest BCUT2D eigenvalue weighted by molar-refractivity contribution is 6.32. The largest absolute Gasteiger partial charge is 0.497 e. The molecular weight excluding hydrogens is 426 g/mol. The molecule has 1 atom stereocenters. The molecule has 8 nitrogen and oxygen atoms in total. The highest BCUT2D eigenvalue weighted by Crippen LogP contribution is 2.41. The van der Waals surface area contributed by atoms with Crippen LogP contribution in [0.4, 0.5) is 5.69 Å². The molecule has 1 unspecified atom stereocenters. The molecule has 3 rings (SSSR count). The van der Waals surface area contributed by atoms with Gasteiger partial charge in [-0.2, -0.15) is 0 Å². The molecule has 0 bridgehead atoms. The molecule has 9 heteroatoms. The van der Waals surface area contributed by atoms with Gasteiger partial charge in [0.1, 0.15) is 18.1 Å². The van der Waals surface area contributed by atoms with Gasteiger partial charge >= 0.3 is 5.97 Å². The van der Waals surface area contributed by atoms with Gasteiger partial charge in [-0.1, -0.05) is 11.6 Å². The van der Waals surface area contributed by atoms with Crippen LogP contribution in [0.25, 0.3) is 0 Å². The van der Waals surface area contributed by atoms with Crippen LogP contribution in [0, 0.1) is 0 Å². The number of hydrogen-bond acceptors (Lipinski definition) is 8. The first kappa shape index (κ1) is 23.0. The maximum Gasteiger partial charge on any atom is 0.338 e. The van der Waals surface area contributed by atoms with Gasteiger partial charge in [-0.3, -0.25) is 0 Å². The van der Waals surface area contributed by atoms with Crippen molar-refractivity contribution in [2.45, 2.75) is 25.6 Å². The van der Waals surface area contributed by atoms with Crippen molar-refractivity contribution in [3.05, 3.63) is 40.9 Å². The molecule has 0 aliphatic carbocycles. The van der Waals surface area contributed by atoms with E-state index in [0.29, 0.717) is 29.7 Å². The monoisotopic (exact) mass is 451 g/mol. The van der Waals surface area contributed by atoms with Crippen LogP contribution in [0.1, 0.15) is 29.6 Å². The van der Waals surface area contributed by atoms with Crippen LogP contribution in [0.3, 0.4) is 0 Å². The van der Waals surface area contributed by atoms with Crippen molar-refractivity contribution in [2.75, 3.05) is 39.8 Å². The fourth-order valence-corrected chi connectivity index (χ4v) is 3.20. The molecule has 0 spiro atoms. The summed E-state index contributed by atoms with van der Waals surface area (Å²) in [5.74, 6) is 0.821. The summed E-state index contributed by atoms with van der Waals surface area (Å²) in [4.78, 5) is 12.0. The average Bonchev–Trinajstić information content (AvgIpc) is 2.79. The molecule has 0 amide bonds. The Kier molecular flexibility index (Phi) is 8.22. The topological polar surface area (TPSA) is 98.5 Å². The number of halogens is 1. The molecule has 2 aromatic rings. The molecule has 0 saturated carbocycles. The van der Waals surface area contributed by atoms with Crippen molar-refractivity contribution < 1.29 is 33.2 Å². The van der Waals surface area contributed by atoms with Crippen molar-refractivity contribution in [2.24, 2.45) is 0 Å². The third kappa shape index (κ3) is 6.16. The van der Waals surface area contributed by atoms with Gasteiger partial charge in [0.2, 0.25) is 0 Å². The zero-order chi connectivity index (χ0) is 22.2. The number of nitrogen functional groups attached to an aromatic ring is 1. The zero-order valence-corrected chi connectivity index (χ0v) is 18.3. The molecule has 0 radical (unpaired) electrons. The third-order valence-corrected chi connectivity index (χ3v) is 4.95. The molecular formula is C22H26ClNO7. The van der Waals surface area contributed by atoms with Gasteiger partial charge in [-0.05, 0) is 43.5 Å². The Labute approximate surface area is 186 Å². The van der Waals surface area contributed by atoms with E-state index in [-0.39, 0.29) is 35.6 Å². The second kappa shape index (κ2) is 11.1. The Morgan fingerprint density at radius 2 is 2.00 bits per heavy atom. The van der Waals surface area contributed by atoms with Gasteiger partial charge in [-0.15, -0.1) is 0 Å². The highest BCUT2D eigenvalue weighted by Gasteiger charge is 2.19. The number of methoxy groups -OCH3 is 2. The number of hydrogen-bond donors (Lipinski definition) is 1. The number of carbonyl (C=O) groups is 1. The van der Waals surface area contributed by atoms with Gasteiger partial charge in [0, 0.05) is 12.7 Å². The Balaban J connectivity index is 1.79. The van der Waals surface area contributed by atoms with E-state index in [0.717, 1.165) is 19.3 Å². The summed E-state index contributed by atoms with van der Waals surface area (Å²) in [6.45, 7) is 1.20. The summed E-state index contributed by atoms with van der Waals surface area (Å²) in [5.41, 5.74) is 6.59. The summed E-state index contributed by atoms with van der Waals surface area (Å²) >= 11 is 6.25. The normalized spacial score (nSPS) is 15.9. The van der Waals surface area contributed by atoms with Crippen LogP contribution >= 0.6 is 11.6 Å². The number of rotatable bonds is 9. The molecule has 2 N–H and O–H groups in total. The summed E-state index contributed by atoms with van der Waals surface area (Å²) in [6.07, 6.45) is 2.74. The lowest BCUT2D eigenvalue weighted by Gasteiger charge is -2.23. The molecule has 31 heavy (non-hydrogen) atoms. The summed E-state index contributed by atoms with van der Waals surface area (Å²) in [5, 5.41) is 0.362. The van der Waals surface area contributed by atoms with Crippen molar-refractivity contribution >= 4 is 23.3 Å². The number of ether oxygens (including phenoxy) is 6. The van der Waals surface area contributed by atoms with E-state index in [1.807, 2.05) is 0 Å². The summed E-state index contributed by atoms with van der Waals surface area (Å²) in [6, 6.07) is 7.94. The molecule has 1 saturated heterocycles. The first-order valence-corrected chi connectivity index (χ1v) is 10.3. The Hall–Kier alpha value is -2.68. The van der Waals surface area contributed by atoms with Gasteiger partial charge < -0.3 is 34.2 Å². The minimum Gasteiger partial charge on any atom is -0.497 e. The quantitative estimate of drug-likeness (QED) is 0.339. The van der Waals surface area contributed by atoms with Crippen LogP contribution in [-0.2, 0) is 14.2 Å². The van der Waals surface area contributed by atoms with Crippen molar-refractivity contribution in [3.8, 4) is 23.0 Å². The highest BCUT2D eigenvalue weighted by atomic mass is 35.5. The molecule has 1 fully saturated rings. The molecule has 168 valence electrons. The maximum absolute atomic E-state index is 12.0. The van der Waals surface area contributed by atoms with E-state index in [2.05, 4.69) is 0 Å². The van der Waals surface area contributed by atoms with Gasteiger partial charge in [-0.25, -0.2) is 4.79 Å². The smallest absolute Gasteiger partial charge is 0.338 e. The predicted octanol–water partition coefficient (Wildman–Crippen LogP) is 4.43. The fraction of sp³-hybridized carbons (Fsp3) is 0.409. The number of benzene rings is 2. The second-order valence-corrected chi connectivity index (χ2v) is 7.21. The maximum atomic E-state index is 12.0. The van der Waals surface area contributed by atoms with E-state index < -0.39 is 5.97 Å². The second-order valence-electron chi connectivity index (χ2n) is 6.80. The fourth-order valence-electron chi connectivity index (χ4n) is 3.05. The number of carbonyl (C=O) groups excluding carboxylic acids is 1. The van der Waals surface area contributed by atoms with Crippen molar-refractivity contribution in [1.29, 1.82) is 0 Å². The van der Waals surface area contributed by atoms with E-state index in [4.69, 9.17) is 45.8 Å². The predicted molar refractivity (Wildman–Crippen MR) is 115 cm³/mol. The summed E-state index contributed by atoms with van der Waals surface area (Å²) in [7, 11) is 2.83. The van der Waals surface area contributed by atoms with E-state index in [9.17, 15) is 4.79 Å². The summed E-state index contributed by atoms with van der Waals surface area (Å²) < 4.78 is 33.0. The van der Waals surface area contributed by atoms with Crippen LogP contribution < -0.4 is 19.9 Å². The SMILES string of the molecule is COC(=O)c1cc(N)c(Oc2cc(OC)ccc2Cl)c(OCCOC2CCCCO2)c1. The average molecular weight is 452 g/mol. The van der Waals surface area contributed by atoms with Gasteiger partial charge in [0.25, 0.3) is 0 Å². The number of esters is 1. The first-order chi connectivity index (χ1) is 15.0. The van der Waals surface area contributed by atoms with E-state index >= 15 is 0 Å². The van der Waals surface area contributed by atoms with Crippen molar-refractivity contribution in [3.63, 3.8) is 0 Å².